The Morgan fingerprint density at radius 1 is 1.25 bits per heavy atom. The third-order valence-electron chi connectivity index (χ3n) is 2.69. The number of nitrogens with zero attached hydrogens (tertiary/aromatic N) is 1. The van der Waals surface area contributed by atoms with E-state index in [4.69, 9.17) is 6.42 Å². The zero-order valence-electron chi connectivity index (χ0n) is 9.37. The van der Waals surface area contributed by atoms with Gasteiger partial charge in [0.2, 0.25) is 0 Å². The Balaban J connectivity index is 2.08. The molecule has 0 saturated carbocycles. The van der Waals surface area contributed by atoms with Crippen LogP contribution in [0, 0.1) is 12.3 Å². The Kier molecular flexibility index (Phi) is 3.61. The van der Waals surface area contributed by atoms with Crippen LogP contribution in [0.2, 0.25) is 0 Å². The molecule has 1 aromatic carbocycles. The second-order valence-corrected chi connectivity index (χ2v) is 3.99. The van der Waals surface area contributed by atoms with Crippen LogP contribution in [-0.2, 0) is 0 Å². The summed E-state index contributed by atoms with van der Waals surface area (Å²) in [4.78, 5) is 4.53. The first kappa shape index (κ1) is 10.8. The highest BCUT2D eigenvalue weighted by atomic mass is 15.0. The van der Waals surface area contributed by atoms with E-state index < -0.39 is 0 Å². The van der Waals surface area contributed by atoms with Gasteiger partial charge in [-0.15, -0.1) is 6.42 Å². The fourth-order valence-electron chi connectivity index (χ4n) is 1.83. The highest BCUT2D eigenvalue weighted by Gasteiger charge is 2.04. The van der Waals surface area contributed by atoms with Crippen molar-refractivity contribution in [2.45, 2.75) is 25.7 Å². The van der Waals surface area contributed by atoms with Crippen LogP contribution in [0.3, 0.4) is 0 Å². The maximum atomic E-state index is 5.37. The van der Waals surface area contributed by atoms with Crippen LogP contribution in [0.15, 0.2) is 29.3 Å². The van der Waals surface area contributed by atoms with Gasteiger partial charge < -0.3 is 5.32 Å². The van der Waals surface area contributed by atoms with Gasteiger partial charge in [-0.25, -0.2) is 0 Å². The standard InChI is InChI=1S/C14H16N2/c1-2-12-7-6-8-13(11-12)16-14-9-4-3-5-10-15-14/h1,6-8,11H,3-5,9-10H2,(H,15,16). The summed E-state index contributed by atoms with van der Waals surface area (Å²) in [5.74, 6) is 3.73. The van der Waals surface area contributed by atoms with Gasteiger partial charge in [0.05, 0.1) is 0 Å². The minimum atomic E-state index is 0.902. The smallest absolute Gasteiger partial charge is 0.101 e. The molecule has 0 radical (unpaired) electrons. The molecule has 1 aliphatic rings. The Morgan fingerprint density at radius 2 is 2.19 bits per heavy atom. The zero-order valence-corrected chi connectivity index (χ0v) is 9.37. The molecule has 0 bridgehead atoms. The lowest BCUT2D eigenvalue weighted by atomic mass is 10.2. The van der Waals surface area contributed by atoms with E-state index >= 15 is 0 Å². The van der Waals surface area contributed by atoms with Crippen molar-refractivity contribution in [2.24, 2.45) is 4.99 Å². The molecule has 0 saturated heterocycles. The molecule has 1 aromatic rings. The molecule has 0 aliphatic carbocycles. The molecule has 0 aromatic heterocycles. The Morgan fingerprint density at radius 3 is 3.06 bits per heavy atom. The van der Waals surface area contributed by atoms with Crippen LogP contribution in [-0.4, -0.2) is 12.4 Å². The van der Waals surface area contributed by atoms with E-state index in [0.29, 0.717) is 0 Å². The van der Waals surface area contributed by atoms with Crippen LogP contribution >= 0.6 is 0 Å². The largest absolute Gasteiger partial charge is 0.344 e. The highest BCUT2D eigenvalue weighted by Crippen LogP contribution is 2.13. The van der Waals surface area contributed by atoms with Crippen molar-refractivity contribution in [1.29, 1.82) is 0 Å². The van der Waals surface area contributed by atoms with Crippen LogP contribution < -0.4 is 5.32 Å². The number of hydrogen-bond acceptors (Lipinski definition) is 2. The molecule has 0 spiro atoms. The van der Waals surface area contributed by atoms with E-state index in [2.05, 4.69) is 16.2 Å². The van der Waals surface area contributed by atoms with Gasteiger partial charge in [-0.1, -0.05) is 18.4 Å². The maximum absolute atomic E-state index is 5.37. The predicted octanol–water partition coefficient (Wildman–Crippen LogP) is 3.05. The van der Waals surface area contributed by atoms with Crippen LogP contribution in [0.5, 0.6) is 0 Å². The van der Waals surface area contributed by atoms with E-state index in [9.17, 15) is 0 Å². The van der Waals surface area contributed by atoms with Crippen LogP contribution in [0.1, 0.15) is 31.2 Å². The first-order valence-electron chi connectivity index (χ1n) is 5.75. The first-order valence-corrected chi connectivity index (χ1v) is 5.75. The molecular formula is C14H16N2. The normalized spacial score (nSPS) is 15.8. The van der Waals surface area contributed by atoms with Gasteiger partial charge in [-0.05, 0) is 31.0 Å². The van der Waals surface area contributed by atoms with Gasteiger partial charge in [0.1, 0.15) is 5.84 Å². The molecule has 2 rings (SSSR count). The number of hydrogen-bond donors (Lipinski definition) is 1. The third kappa shape index (κ3) is 2.87. The average Bonchev–Trinajstić information content (AvgIpc) is 2.58. The summed E-state index contributed by atoms with van der Waals surface area (Å²) in [6, 6.07) is 7.90. The van der Waals surface area contributed by atoms with Crippen molar-refractivity contribution in [3.8, 4) is 12.3 Å². The number of amidine groups is 1. The molecule has 2 heteroatoms. The summed E-state index contributed by atoms with van der Waals surface area (Å²) in [5.41, 5.74) is 1.94. The highest BCUT2D eigenvalue weighted by molar-refractivity contribution is 5.95. The number of terminal acetylenes is 1. The molecule has 16 heavy (non-hydrogen) atoms. The number of anilines is 1. The van der Waals surface area contributed by atoms with Gasteiger partial charge in [-0.3, -0.25) is 4.99 Å². The van der Waals surface area contributed by atoms with Gasteiger partial charge in [-0.2, -0.15) is 0 Å². The van der Waals surface area contributed by atoms with Gasteiger partial charge in [0, 0.05) is 24.2 Å². The second kappa shape index (κ2) is 5.37. The SMILES string of the molecule is C#Cc1cccc(NC2=NCCCCC2)c1. The van der Waals surface area contributed by atoms with Crippen molar-refractivity contribution in [2.75, 3.05) is 11.9 Å². The van der Waals surface area contributed by atoms with E-state index in [1.807, 2.05) is 24.3 Å². The molecule has 82 valence electrons. The number of nitrogens with one attached hydrogen (secondary N) is 1. The van der Waals surface area contributed by atoms with Crippen molar-refractivity contribution < 1.29 is 0 Å². The second-order valence-electron chi connectivity index (χ2n) is 3.99. The fourth-order valence-corrected chi connectivity index (χ4v) is 1.83. The van der Waals surface area contributed by atoms with Crippen LogP contribution in [0.25, 0.3) is 0 Å². The molecular weight excluding hydrogens is 196 g/mol. The molecule has 1 aliphatic heterocycles. The summed E-state index contributed by atoms with van der Waals surface area (Å²) < 4.78 is 0. The molecule has 2 nitrogen and oxygen atoms in total. The number of benzene rings is 1. The third-order valence-corrected chi connectivity index (χ3v) is 2.69. The molecule has 1 heterocycles. The first-order chi connectivity index (χ1) is 7.88. The molecule has 0 unspecified atom stereocenters. The van der Waals surface area contributed by atoms with Gasteiger partial charge >= 0.3 is 0 Å². The van der Waals surface area contributed by atoms with Gasteiger partial charge in [0.15, 0.2) is 0 Å². The van der Waals surface area contributed by atoms with Crippen LogP contribution in [0.4, 0.5) is 5.69 Å². The molecule has 0 atom stereocenters. The summed E-state index contributed by atoms with van der Waals surface area (Å²) >= 11 is 0. The average molecular weight is 212 g/mol. The van der Waals surface area contributed by atoms with Crippen molar-refractivity contribution in [3.05, 3.63) is 29.8 Å². The molecule has 0 fully saturated rings. The summed E-state index contributed by atoms with van der Waals surface area (Å²) in [7, 11) is 0. The maximum Gasteiger partial charge on any atom is 0.101 e. The monoisotopic (exact) mass is 212 g/mol. The summed E-state index contributed by atoms with van der Waals surface area (Å²) in [6.07, 6.45) is 10.1. The minimum Gasteiger partial charge on any atom is -0.344 e. The van der Waals surface area contributed by atoms with E-state index in [0.717, 1.165) is 30.1 Å². The van der Waals surface area contributed by atoms with Crippen molar-refractivity contribution in [1.82, 2.24) is 0 Å². The molecule has 1 N–H and O–H groups in total. The predicted molar refractivity (Wildman–Crippen MR) is 68.8 cm³/mol. The van der Waals surface area contributed by atoms with Gasteiger partial charge in [0.25, 0.3) is 0 Å². The number of rotatable bonds is 1. The Hall–Kier alpha value is -1.75. The number of aliphatic imine (C=N–C) groups is 1. The lowest BCUT2D eigenvalue weighted by Crippen LogP contribution is -2.11. The topological polar surface area (TPSA) is 24.4 Å². The fraction of sp³-hybridized carbons (Fsp3) is 0.357. The minimum absolute atomic E-state index is 0.902. The quantitative estimate of drug-likeness (QED) is 0.711. The summed E-state index contributed by atoms with van der Waals surface area (Å²) in [5, 5.41) is 3.35. The lowest BCUT2D eigenvalue weighted by molar-refractivity contribution is 0.731. The van der Waals surface area contributed by atoms with Crippen molar-refractivity contribution in [3.63, 3.8) is 0 Å². The molecule has 0 amide bonds. The van der Waals surface area contributed by atoms with E-state index in [1.165, 1.54) is 19.3 Å². The summed E-state index contributed by atoms with van der Waals surface area (Å²) in [6.45, 7) is 0.942. The zero-order chi connectivity index (χ0) is 11.2. The van der Waals surface area contributed by atoms with E-state index in [1.54, 1.807) is 0 Å². The Bertz CT molecular complexity index is 427. The van der Waals surface area contributed by atoms with E-state index in [-0.39, 0.29) is 0 Å². The Labute approximate surface area is 96.8 Å². The van der Waals surface area contributed by atoms with Crippen molar-refractivity contribution >= 4 is 11.5 Å². The lowest BCUT2D eigenvalue weighted by Gasteiger charge is -2.08.